The summed E-state index contributed by atoms with van der Waals surface area (Å²) in [4.78, 5) is 11.5. The van der Waals surface area contributed by atoms with Gasteiger partial charge in [0.25, 0.3) is 0 Å². The van der Waals surface area contributed by atoms with Crippen LogP contribution in [0.4, 0.5) is 4.39 Å². The van der Waals surface area contributed by atoms with Crippen molar-refractivity contribution < 1.29 is 13.9 Å². The van der Waals surface area contributed by atoms with Crippen LogP contribution in [0.1, 0.15) is 18.9 Å². The van der Waals surface area contributed by atoms with Gasteiger partial charge >= 0.3 is 0 Å². The molecule has 0 aromatic heterocycles. The lowest BCUT2D eigenvalue weighted by molar-refractivity contribution is -0.119. The highest BCUT2D eigenvalue weighted by atomic mass is 79.9. The molecule has 0 atom stereocenters. The first-order chi connectivity index (χ1) is 7.61. The first-order valence-corrected chi connectivity index (χ1v) is 5.95. The molecule has 0 aliphatic rings. The van der Waals surface area contributed by atoms with E-state index in [1.54, 1.807) is 6.07 Å². The SMILES string of the molecule is CCOCCC(=O)Cc1cc(F)cc(Br)c1. The van der Waals surface area contributed by atoms with Gasteiger partial charge in [-0.25, -0.2) is 4.39 Å². The van der Waals surface area contributed by atoms with Crippen molar-refractivity contribution in [2.75, 3.05) is 13.2 Å². The third-order valence-electron chi connectivity index (χ3n) is 2.05. The van der Waals surface area contributed by atoms with Gasteiger partial charge < -0.3 is 4.74 Å². The lowest BCUT2D eigenvalue weighted by Crippen LogP contribution is -2.07. The highest BCUT2D eigenvalue weighted by Gasteiger charge is 2.05. The van der Waals surface area contributed by atoms with Gasteiger partial charge in [0.2, 0.25) is 0 Å². The fourth-order valence-corrected chi connectivity index (χ4v) is 1.87. The molecule has 1 aromatic carbocycles. The molecule has 16 heavy (non-hydrogen) atoms. The fourth-order valence-electron chi connectivity index (χ4n) is 1.36. The molecule has 1 rings (SSSR count). The predicted molar refractivity (Wildman–Crippen MR) is 63.9 cm³/mol. The molecule has 0 saturated carbocycles. The zero-order chi connectivity index (χ0) is 12.0. The summed E-state index contributed by atoms with van der Waals surface area (Å²) < 4.78 is 18.8. The van der Waals surface area contributed by atoms with E-state index in [9.17, 15) is 9.18 Å². The van der Waals surface area contributed by atoms with Gasteiger partial charge in [-0.1, -0.05) is 15.9 Å². The third-order valence-corrected chi connectivity index (χ3v) is 2.51. The Balaban J connectivity index is 2.49. The van der Waals surface area contributed by atoms with Crippen LogP contribution in [-0.2, 0) is 16.0 Å². The average Bonchev–Trinajstić information content (AvgIpc) is 2.16. The second-order valence-corrected chi connectivity index (χ2v) is 4.36. The van der Waals surface area contributed by atoms with Gasteiger partial charge in [-0.05, 0) is 30.7 Å². The van der Waals surface area contributed by atoms with Crippen molar-refractivity contribution in [3.8, 4) is 0 Å². The van der Waals surface area contributed by atoms with Crippen LogP contribution in [0, 0.1) is 5.82 Å². The summed E-state index contributed by atoms with van der Waals surface area (Å²) >= 11 is 3.19. The molecule has 0 N–H and O–H groups in total. The molecule has 0 unspecified atom stereocenters. The minimum atomic E-state index is -0.331. The highest BCUT2D eigenvalue weighted by Crippen LogP contribution is 2.15. The topological polar surface area (TPSA) is 26.3 Å². The first-order valence-electron chi connectivity index (χ1n) is 5.16. The zero-order valence-corrected chi connectivity index (χ0v) is 10.7. The van der Waals surface area contributed by atoms with E-state index >= 15 is 0 Å². The van der Waals surface area contributed by atoms with Crippen LogP contribution in [0.3, 0.4) is 0 Å². The number of rotatable bonds is 6. The average molecular weight is 289 g/mol. The Labute approximate surface area is 103 Å². The molecule has 0 bridgehead atoms. The maximum Gasteiger partial charge on any atom is 0.139 e. The Kier molecular flexibility index (Phi) is 5.63. The van der Waals surface area contributed by atoms with Crippen LogP contribution in [-0.4, -0.2) is 19.0 Å². The number of benzene rings is 1. The molecule has 1 aromatic rings. The largest absolute Gasteiger partial charge is 0.381 e. The van der Waals surface area contributed by atoms with E-state index in [0.717, 1.165) is 0 Å². The van der Waals surface area contributed by atoms with E-state index in [1.165, 1.54) is 12.1 Å². The van der Waals surface area contributed by atoms with Crippen LogP contribution in [0.5, 0.6) is 0 Å². The maximum atomic E-state index is 13.0. The molecule has 0 saturated heterocycles. The number of carbonyl (C=O) groups excluding carboxylic acids is 1. The Morgan fingerprint density at radius 1 is 1.44 bits per heavy atom. The summed E-state index contributed by atoms with van der Waals surface area (Å²) in [6.07, 6.45) is 0.630. The molecule has 0 aliphatic heterocycles. The molecule has 0 radical (unpaired) electrons. The van der Waals surface area contributed by atoms with E-state index in [1.807, 2.05) is 6.92 Å². The number of ketones is 1. The Morgan fingerprint density at radius 2 is 2.19 bits per heavy atom. The summed E-state index contributed by atoms with van der Waals surface area (Å²) in [5.41, 5.74) is 0.688. The van der Waals surface area contributed by atoms with Gasteiger partial charge in [0.05, 0.1) is 6.61 Å². The van der Waals surface area contributed by atoms with Gasteiger partial charge in [-0.3, -0.25) is 4.79 Å². The summed E-state index contributed by atoms with van der Waals surface area (Å²) in [6, 6.07) is 4.50. The third kappa shape index (κ3) is 4.86. The van der Waals surface area contributed by atoms with Gasteiger partial charge in [-0.15, -0.1) is 0 Å². The minimum Gasteiger partial charge on any atom is -0.381 e. The summed E-state index contributed by atoms with van der Waals surface area (Å²) in [6.45, 7) is 2.93. The smallest absolute Gasteiger partial charge is 0.139 e. The van der Waals surface area contributed by atoms with E-state index in [2.05, 4.69) is 15.9 Å². The van der Waals surface area contributed by atoms with Crippen LogP contribution in [0.15, 0.2) is 22.7 Å². The number of Topliss-reactive ketones (excluding diaryl/α,β-unsaturated/α-hetero) is 1. The highest BCUT2D eigenvalue weighted by molar-refractivity contribution is 9.10. The molecule has 0 heterocycles. The van der Waals surface area contributed by atoms with E-state index in [0.29, 0.717) is 29.7 Å². The molecule has 0 spiro atoms. The molecule has 0 aliphatic carbocycles. The monoisotopic (exact) mass is 288 g/mol. The van der Waals surface area contributed by atoms with Crippen molar-refractivity contribution >= 4 is 21.7 Å². The molecular formula is C12H14BrFO2. The summed E-state index contributed by atoms with van der Waals surface area (Å²) in [7, 11) is 0. The Morgan fingerprint density at radius 3 is 2.81 bits per heavy atom. The number of ether oxygens (including phenoxy) is 1. The maximum absolute atomic E-state index is 13.0. The van der Waals surface area contributed by atoms with Crippen molar-refractivity contribution in [2.24, 2.45) is 0 Å². The first kappa shape index (κ1) is 13.3. The predicted octanol–water partition coefficient (Wildman–Crippen LogP) is 3.13. The van der Waals surface area contributed by atoms with Crippen LogP contribution in [0.2, 0.25) is 0 Å². The van der Waals surface area contributed by atoms with Gasteiger partial charge in [0.15, 0.2) is 0 Å². The zero-order valence-electron chi connectivity index (χ0n) is 9.13. The lowest BCUT2D eigenvalue weighted by Gasteiger charge is -2.03. The quantitative estimate of drug-likeness (QED) is 0.752. The van der Waals surface area contributed by atoms with Crippen LogP contribution < -0.4 is 0 Å². The summed E-state index contributed by atoms with van der Waals surface area (Å²) in [5, 5.41) is 0. The van der Waals surface area contributed by atoms with Crippen LogP contribution in [0.25, 0.3) is 0 Å². The van der Waals surface area contributed by atoms with Gasteiger partial charge in [-0.2, -0.15) is 0 Å². The van der Waals surface area contributed by atoms with E-state index in [-0.39, 0.29) is 18.0 Å². The number of hydrogen-bond acceptors (Lipinski definition) is 2. The van der Waals surface area contributed by atoms with E-state index < -0.39 is 0 Å². The van der Waals surface area contributed by atoms with Crippen molar-refractivity contribution in [1.29, 1.82) is 0 Å². The molecule has 0 amide bonds. The molecule has 2 nitrogen and oxygen atoms in total. The van der Waals surface area contributed by atoms with Crippen molar-refractivity contribution in [3.63, 3.8) is 0 Å². The van der Waals surface area contributed by atoms with Crippen molar-refractivity contribution in [3.05, 3.63) is 34.1 Å². The number of carbonyl (C=O) groups is 1. The van der Waals surface area contributed by atoms with Gasteiger partial charge in [0.1, 0.15) is 11.6 Å². The number of hydrogen-bond donors (Lipinski definition) is 0. The Hall–Kier alpha value is -0.740. The normalized spacial score (nSPS) is 10.4. The molecule has 4 heteroatoms. The lowest BCUT2D eigenvalue weighted by atomic mass is 10.1. The summed E-state index contributed by atoms with van der Waals surface area (Å²) in [5.74, 6) is -0.270. The minimum absolute atomic E-state index is 0.0611. The second kappa shape index (κ2) is 6.76. The molecular weight excluding hydrogens is 275 g/mol. The van der Waals surface area contributed by atoms with Crippen molar-refractivity contribution in [1.82, 2.24) is 0 Å². The van der Waals surface area contributed by atoms with Crippen LogP contribution >= 0.6 is 15.9 Å². The standard InChI is InChI=1S/C12H14BrFO2/c1-2-16-4-3-12(15)7-9-5-10(13)8-11(14)6-9/h5-6,8H,2-4,7H2,1H3. The molecule has 88 valence electrons. The fraction of sp³-hybridized carbons (Fsp3) is 0.417. The van der Waals surface area contributed by atoms with E-state index in [4.69, 9.17) is 4.74 Å². The number of halogens is 2. The second-order valence-electron chi connectivity index (χ2n) is 3.44. The van der Waals surface area contributed by atoms with Gasteiger partial charge in [0, 0.05) is 23.9 Å². The van der Waals surface area contributed by atoms with Crippen molar-refractivity contribution in [2.45, 2.75) is 19.8 Å². The molecule has 0 fully saturated rings. The Bertz CT molecular complexity index is 346.